The SMILES string of the molecule is NC(=O)c1c(NC(=O)c2cccc(OCc3ccccc3)c2)sc2c1CCCCC2. The number of fused-ring (bicyclic) bond motifs is 1. The van der Waals surface area contributed by atoms with Crippen LogP contribution in [0, 0.1) is 0 Å². The monoisotopic (exact) mass is 420 g/mol. The maximum absolute atomic E-state index is 12.9. The van der Waals surface area contributed by atoms with Crippen molar-refractivity contribution in [2.45, 2.75) is 38.7 Å². The van der Waals surface area contributed by atoms with Crippen LogP contribution in [0.1, 0.15) is 56.0 Å². The molecule has 0 atom stereocenters. The van der Waals surface area contributed by atoms with Crippen LogP contribution in [0.3, 0.4) is 0 Å². The molecule has 1 aliphatic rings. The number of nitrogens with one attached hydrogen (secondary N) is 1. The lowest BCUT2D eigenvalue weighted by molar-refractivity contribution is 0.100. The van der Waals surface area contributed by atoms with Crippen molar-refractivity contribution in [3.8, 4) is 5.75 Å². The average molecular weight is 421 g/mol. The summed E-state index contributed by atoms with van der Waals surface area (Å²) < 4.78 is 5.82. The molecule has 0 fully saturated rings. The van der Waals surface area contributed by atoms with E-state index in [9.17, 15) is 9.59 Å². The number of amides is 2. The van der Waals surface area contributed by atoms with Crippen molar-refractivity contribution in [1.82, 2.24) is 0 Å². The Morgan fingerprint density at radius 2 is 1.80 bits per heavy atom. The highest BCUT2D eigenvalue weighted by Crippen LogP contribution is 2.37. The van der Waals surface area contributed by atoms with E-state index in [-0.39, 0.29) is 5.91 Å². The van der Waals surface area contributed by atoms with Gasteiger partial charge in [-0.25, -0.2) is 0 Å². The van der Waals surface area contributed by atoms with Gasteiger partial charge >= 0.3 is 0 Å². The predicted molar refractivity (Wildman–Crippen MR) is 119 cm³/mol. The zero-order valence-electron chi connectivity index (χ0n) is 16.6. The average Bonchev–Trinajstić information content (AvgIpc) is 2.94. The minimum Gasteiger partial charge on any atom is -0.489 e. The smallest absolute Gasteiger partial charge is 0.256 e. The fraction of sp³-hybridized carbons (Fsp3) is 0.250. The van der Waals surface area contributed by atoms with Gasteiger partial charge in [0.25, 0.3) is 11.8 Å². The first-order valence-corrected chi connectivity index (χ1v) is 11.0. The second kappa shape index (κ2) is 9.13. The summed E-state index contributed by atoms with van der Waals surface area (Å²) in [6.45, 7) is 0.426. The summed E-state index contributed by atoms with van der Waals surface area (Å²) >= 11 is 1.47. The van der Waals surface area contributed by atoms with E-state index in [1.54, 1.807) is 18.2 Å². The van der Waals surface area contributed by atoms with Crippen molar-refractivity contribution in [1.29, 1.82) is 0 Å². The third-order valence-electron chi connectivity index (χ3n) is 5.24. The van der Waals surface area contributed by atoms with Gasteiger partial charge in [0.15, 0.2) is 0 Å². The van der Waals surface area contributed by atoms with E-state index in [4.69, 9.17) is 10.5 Å². The van der Waals surface area contributed by atoms with Gasteiger partial charge in [0.1, 0.15) is 17.4 Å². The van der Waals surface area contributed by atoms with Gasteiger partial charge < -0.3 is 15.8 Å². The Labute approximate surface area is 179 Å². The third-order valence-corrected chi connectivity index (χ3v) is 6.45. The van der Waals surface area contributed by atoms with Crippen LogP contribution in [0.5, 0.6) is 5.75 Å². The Kier molecular flexibility index (Phi) is 6.14. The molecule has 0 radical (unpaired) electrons. The molecule has 154 valence electrons. The summed E-state index contributed by atoms with van der Waals surface area (Å²) in [6.07, 6.45) is 5.05. The maximum Gasteiger partial charge on any atom is 0.256 e. The number of anilines is 1. The summed E-state index contributed by atoms with van der Waals surface area (Å²) in [5.74, 6) is -0.146. The Morgan fingerprint density at radius 3 is 2.60 bits per heavy atom. The van der Waals surface area contributed by atoms with Gasteiger partial charge in [-0.2, -0.15) is 0 Å². The molecule has 5 nitrogen and oxygen atoms in total. The molecule has 1 aromatic heterocycles. The van der Waals surface area contributed by atoms with Gasteiger partial charge in [-0.15, -0.1) is 11.3 Å². The van der Waals surface area contributed by atoms with Crippen LogP contribution >= 0.6 is 11.3 Å². The standard InChI is InChI=1S/C24H24N2O3S/c25-22(27)21-19-12-5-2-6-13-20(19)30-24(21)26-23(28)17-10-7-11-18(14-17)29-15-16-8-3-1-4-9-16/h1,3-4,7-11,14H,2,5-6,12-13,15H2,(H2,25,27)(H,26,28). The zero-order chi connectivity index (χ0) is 20.9. The molecule has 2 amide bonds. The van der Waals surface area contributed by atoms with Crippen molar-refractivity contribution < 1.29 is 14.3 Å². The van der Waals surface area contributed by atoms with Crippen LogP contribution < -0.4 is 15.8 Å². The Morgan fingerprint density at radius 1 is 1.00 bits per heavy atom. The third kappa shape index (κ3) is 4.54. The number of aryl methyl sites for hydroxylation is 1. The number of rotatable bonds is 6. The van der Waals surface area contributed by atoms with Crippen molar-refractivity contribution in [3.05, 3.63) is 81.7 Å². The molecule has 3 N–H and O–H groups in total. The number of benzene rings is 2. The summed E-state index contributed by atoms with van der Waals surface area (Å²) in [5, 5.41) is 3.46. The van der Waals surface area contributed by atoms with Gasteiger partial charge in [-0.1, -0.05) is 42.8 Å². The van der Waals surface area contributed by atoms with Crippen molar-refractivity contribution in [2.75, 3.05) is 5.32 Å². The van der Waals surface area contributed by atoms with E-state index in [1.165, 1.54) is 11.3 Å². The fourth-order valence-corrected chi connectivity index (χ4v) is 5.02. The normalized spacial score (nSPS) is 13.2. The lowest BCUT2D eigenvalue weighted by Gasteiger charge is -2.09. The van der Waals surface area contributed by atoms with Gasteiger partial charge in [0, 0.05) is 10.4 Å². The lowest BCUT2D eigenvalue weighted by atomic mass is 10.1. The molecule has 30 heavy (non-hydrogen) atoms. The van der Waals surface area contributed by atoms with Crippen LogP contribution in [0.25, 0.3) is 0 Å². The summed E-state index contributed by atoms with van der Waals surface area (Å²) in [5.41, 5.74) is 8.68. The van der Waals surface area contributed by atoms with Gasteiger partial charge in [0.2, 0.25) is 0 Å². The second-order valence-corrected chi connectivity index (χ2v) is 8.49. The number of ether oxygens (including phenoxy) is 1. The minimum absolute atomic E-state index is 0.279. The van der Waals surface area contributed by atoms with Crippen LogP contribution in [-0.2, 0) is 19.4 Å². The predicted octanol–water partition coefficient (Wildman–Crippen LogP) is 4.95. The molecule has 0 bridgehead atoms. The highest BCUT2D eigenvalue weighted by Gasteiger charge is 2.24. The second-order valence-electron chi connectivity index (χ2n) is 7.39. The number of thiophene rings is 1. The highest BCUT2D eigenvalue weighted by atomic mass is 32.1. The first-order chi connectivity index (χ1) is 14.6. The highest BCUT2D eigenvalue weighted by molar-refractivity contribution is 7.17. The molecular formula is C24H24N2O3S. The molecule has 0 spiro atoms. The summed E-state index contributed by atoms with van der Waals surface area (Å²) in [7, 11) is 0. The Bertz CT molecular complexity index is 1060. The van der Waals surface area contributed by atoms with Crippen LogP contribution in [-0.4, -0.2) is 11.8 Å². The molecule has 1 aliphatic carbocycles. The largest absolute Gasteiger partial charge is 0.489 e. The maximum atomic E-state index is 12.9. The van der Waals surface area contributed by atoms with E-state index < -0.39 is 5.91 Å². The quantitative estimate of drug-likeness (QED) is 0.554. The van der Waals surface area contributed by atoms with E-state index in [0.29, 0.717) is 28.5 Å². The molecule has 3 aromatic rings. The van der Waals surface area contributed by atoms with Crippen LogP contribution in [0.15, 0.2) is 54.6 Å². The first kappa shape index (κ1) is 20.2. The topological polar surface area (TPSA) is 81.4 Å². The fourth-order valence-electron chi connectivity index (χ4n) is 3.73. The molecule has 0 unspecified atom stereocenters. The zero-order valence-corrected chi connectivity index (χ0v) is 17.5. The van der Waals surface area contributed by atoms with Crippen molar-refractivity contribution in [3.63, 3.8) is 0 Å². The number of carbonyl (C=O) groups excluding carboxylic acids is 2. The molecule has 0 saturated heterocycles. The van der Waals surface area contributed by atoms with Crippen molar-refractivity contribution >= 4 is 28.2 Å². The Balaban J connectivity index is 1.51. The lowest BCUT2D eigenvalue weighted by Crippen LogP contribution is -2.18. The van der Waals surface area contributed by atoms with E-state index >= 15 is 0 Å². The van der Waals surface area contributed by atoms with Gasteiger partial charge in [0.05, 0.1) is 5.56 Å². The summed E-state index contributed by atoms with van der Waals surface area (Å²) in [6, 6.07) is 16.9. The molecular weight excluding hydrogens is 396 g/mol. The van der Waals surface area contributed by atoms with Gasteiger partial charge in [-0.3, -0.25) is 9.59 Å². The molecule has 0 saturated carbocycles. The number of carbonyl (C=O) groups is 2. The van der Waals surface area contributed by atoms with Gasteiger partial charge in [-0.05, 0) is 55.0 Å². The molecule has 6 heteroatoms. The minimum atomic E-state index is -0.482. The van der Waals surface area contributed by atoms with E-state index in [0.717, 1.165) is 48.1 Å². The van der Waals surface area contributed by atoms with Crippen LogP contribution in [0.4, 0.5) is 5.00 Å². The molecule has 1 heterocycles. The first-order valence-electron chi connectivity index (χ1n) is 10.1. The van der Waals surface area contributed by atoms with Crippen molar-refractivity contribution in [2.24, 2.45) is 5.73 Å². The van der Waals surface area contributed by atoms with Crippen LogP contribution in [0.2, 0.25) is 0 Å². The number of hydrogen-bond acceptors (Lipinski definition) is 4. The molecule has 4 rings (SSSR count). The van der Waals surface area contributed by atoms with E-state index in [1.807, 2.05) is 36.4 Å². The number of hydrogen-bond donors (Lipinski definition) is 2. The van der Waals surface area contributed by atoms with E-state index in [2.05, 4.69) is 5.32 Å². The molecule has 0 aliphatic heterocycles. The Hall–Kier alpha value is -3.12. The summed E-state index contributed by atoms with van der Waals surface area (Å²) in [4.78, 5) is 26.2. The number of nitrogens with two attached hydrogens (primary N) is 1. The number of primary amides is 1. The molecule has 2 aromatic carbocycles.